The molecule has 0 saturated carbocycles. The summed E-state index contributed by atoms with van der Waals surface area (Å²) in [4.78, 5) is 12.4. The first-order valence-electron chi connectivity index (χ1n) is 8.78. The lowest BCUT2D eigenvalue weighted by atomic mass is 10.1. The van der Waals surface area contributed by atoms with E-state index in [0.717, 1.165) is 12.0 Å². The zero-order chi connectivity index (χ0) is 20.0. The Morgan fingerprint density at radius 1 is 1.11 bits per heavy atom. The van der Waals surface area contributed by atoms with Crippen molar-refractivity contribution in [2.24, 2.45) is 5.92 Å². The number of carbonyl (C=O) groups excluding carboxylic acids is 1. The second kappa shape index (κ2) is 8.90. The summed E-state index contributed by atoms with van der Waals surface area (Å²) in [5.74, 6) is 0.848. The number of sulfonamides is 1. The van der Waals surface area contributed by atoms with Gasteiger partial charge in [0.05, 0.1) is 17.7 Å². The monoisotopic (exact) mass is 390 g/mol. The van der Waals surface area contributed by atoms with Crippen molar-refractivity contribution in [3.05, 3.63) is 53.6 Å². The average molecular weight is 391 g/mol. The van der Waals surface area contributed by atoms with Gasteiger partial charge in [-0.3, -0.25) is 9.52 Å². The van der Waals surface area contributed by atoms with Crippen LogP contribution in [0, 0.1) is 12.8 Å². The highest BCUT2D eigenvalue weighted by molar-refractivity contribution is 7.92. The fourth-order valence-corrected chi connectivity index (χ4v) is 3.53. The molecule has 0 unspecified atom stereocenters. The zero-order valence-electron chi connectivity index (χ0n) is 16.1. The summed E-state index contributed by atoms with van der Waals surface area (Å²) in [7, 11) is -2.25. The molecule has 0 aliphatic carbocycles. The first-order valence-corrected chi connectivity index (χ1v) is 10.3. The molecule has 0 fully saturated rings. The average Bonchev–Trinajstić information content (AvgIpc) is 2.63. The molecule has 2 N–H and O–H groups in total. The van der Waals surface area contributed by atoms with Gasteiger partial charge in [0, 0.05) is 12.1 Å². The maximum atomic E-state index is 12.6. The van der Waals surface area contributed by atoms with Gasteiger partial charge >= 0.3 is 0 Å². The van der Waals surface area contributed by atoms with E-state index in [-0.39, 0.29) is 10.8 Å². The number of anilines is 1. The molecule has 0 saturated heterocycles. The number of aryl methyl sites for hydroxylation is 1. The van der Waals surface area contributed by atoms with Crippen molar-refractivity contribution in [2.45, 2.75) is 32.1 Å². The predicted octanol–water partition coefficient (Wildman–Crippen LogP) is 3.58. The molecule has 6 nitrogen and oxygen atoms in total. The van der Waals surface area contributed by atoms with Crippen molar-refractivity contribution in [1.29, 1.82) is 0 Å². The van der Waals surface area contributed by atoms with Gasteiger partial charge < -0.3 is 10.1 Å². The summed E-state index contributed by atoms with van der Waals surface area (Å²) >= 11 is 0. The third kappa shape index (κ3) is 5.72. The second-order valence-corrected chi connectivity index (χ2v) is 8.43. The highest BCUT2D eigenvalue weighted by atomic mass is 32.2. The van der Waals surface area contributed by atoms with Crippen LogP contribution in [0.1, 0.15) is 36.2 Å². The Labute approximate surface area is 161 Å². The molecule has 0 radical (unpaired) electrons. The minimum absolute atomic E-state index is 0.120. The molecule has 2 aromatic carbocycles. The largest absolute Gasteiger partial charge is 0.497 e. The van der Waals surface area contributed by atoms with E-state index < -0.39 is 10.0 Å². The minimum Gasteiger partial charge on any atom is -0.497 e. The zero-order valence-corrected chi connectivity index (χ0v) is 16.9. The second-order valence-electron chi connectivity index (χ2n) is 6.75. The summed E-state index contributed by atoms with van der Waals surface area (Å²) < 4.78 is 32.9. The molecule has 2 aromatic rings. The van der Waals surface area contributed by atoms with Gasteiger partial charge in [0.25, 0.3) is 15.9 Å². The summed E-state index contributed by atoms with van der Waals surface area (Å²) in [5.41, 5.74) is 1.52. The molecule has 7 heteroatoms. The Bertz CT molecular complexity index is 891. The van der Waals surface area contributed by atoms with Crippen LogP contribution in [0.15, 0.2) is 47.4 Å². The van der Waals surface area contributed by atoms with Crippen LogP contribution < -0.4 is 14.8 Å². The van der Waals surface area contributed by atoms with Crippen molar-refractivity contribution in [3.63, 3.8) is 0 Å². The fraction of sp³-hybridized carbons (Fsp3) is 0.350. The number of methoxy groups -OCH3 is 1. The van der Waals surface area contributed by atoms with E-state index in [1.165, 1.54) is 19.2 Å². The number of hydrogen-bond acceptors (Lipinski definition) is 4. The molecule has 0 aromatic heterocycles. The van der Waals surface area contributed by atoms with Gasteiger partial charge in [0.15, 0.2) is 0 Å². The number of rotatable bonds is 8. The van der Waals surface area contributed by atoms with Crippen LogP contribution in [0.4, 0.5) is 5.69 Å². The van der Waals surface area contributed by atoms with Crippen molar-refractivity contribution < 1.29 is 17.9 Å². The van der Waals surface area contributed by atoms with Gasteiger partial charge in [-0.15, -0.1) is 0 Å². The smallest absolute Gasteiger partial charge is 0.261 e. The standard InChI is InChI=1S/C20H26N2O4S/c1-14(2)11-12-21-20(23)16-6-5-15(3)19(13-16)22-27(24,25)18-9-7-17(26-4)8-10-18/h5-10,13-14,22H,11-12H2,1-4H3,(H,21,23). The molecule has 0 aliphatic heterocycles. The maximum Gasteiger partial charge on any atom is 0.261 e. The molecule has 146 valence electrons. The summed E-state index contributed by atoms with van der Waals surface area (Å²) in [6.07, 6.45) is 0.883. The van der Waals surface area contributed by atoms with Crippen LogP contribution in [-0.4, -0.2) is 28.0 Å². The van der Waals surface area contributed by atoms with Crippen molar-refractivity contribution in [3.8, 4) is 5.75 Å². The molecule has 0 aliphatic rings. The normalized spacial score (nSPS) is 11.3. The van der Waals surface area contributed by atoms with Crippen LogP contribution in [0.25, 0.3) is 0 Å². The van der Waals surface area contributed by atoms with Crippen molar-refractivity contribution >= 4 is 21.6 Å². The Balaban J connectivity index is 2.18. The van der Waals surface area contributed by atoms with Gasteiger partial charge in [-0.1, -0.05) is 19.9 Å². The van der Waals surface area contributed by atoms with E-state index >= 15 is 0 Å². The third-order valence-corrected chi connectivity index (χ3v) is 5.50. The Morgan fingerprint density at radius 3 is 2.37 bits per heavy atom. The van der Waals surface area contributed by atoms with Gasteiger partial charge in [-0.25, -0.2) is 8.42 Å². The lowest BCUT2D eigenvalue weighted by Crippen LogP contribution is -2.25. The van der Waals surface area contributed by atoms with Crippen LogP contribution in [0.5, 0.6) is 5.75 Å². The first-order chi connectivity index (χ1) is 12.7. The van der Waals surface area contributed by atoms with E-state index in [2.05, 4.69) is 23.9 Å². The van der Waals surface area contributed by atoms with Gasteiger partial charge in [0.1, 0.15) is 5.75 Å². The topological polar surface area (TPSA) is 84.5 Å². The minimum atomic E-state index is -3.77. The van der Waals surface area contributed by atoms with Crippen LogP contribution in [-0.2, 0) is 10.0 Å². The Morgan fingerprint density at radius 2 is 1.78 bits per heavy atom. The molecule has 0 heterocycles. The van der Waals surface area contributed by atoms with E-state index in [1.54, 1.807) is 37.3 Å². The third-order valence-electron chi connectivity index (χ3n) is 4.12. The molecule has 27 heavy (non-hydrogen) atoms. The number of benzene rings is 2. The van der Waals surface area contributed by atoms with Crippen LogP contribution in [0.2, 0.25) is 0 Å². The van der Waals surface area contributed by atoms with E-state index in [0.29, 0.717) is 29.5 Å². The number of carbonyl (C=O) groups is 1. The molecule has 0 bridgehead atoms. The van der Waals surface area contributed by atoms with Gasteiger partial charge in [0.2, 0.25) is 0 Å². The van der Waals surface area contributed by atoms with E-state index in [9.17, 15) is 13.2 Å². The van der Waals surface area contributed by atoms with Gasteiger partial charge in [-0.05, 0) is 61.2 Å². The quantitative estimate of drug-likeness (QED) is 0.721. The molecule has 0 atom stereocenters. The first kappa shape index (κ1) is 20.8. The molecule has 0 spiro atoms. The Kier molecular flexibility index (Phi) is 6.85. The highest BCUT2D eigenvalue weighted by Crippen LogP contribution is 2.22. The summed E-state index contributed by atoms with van der Waals surface area (Å²) in [5, 5.41) is 2.85. The number of ether oxygens (including phenoxy) is 1. The van der Waals surface area contributed by atoms with E-state index in [4.69, 9.17) is 4.74 Å². The fourth-order valence-electron chi connectivity index (χ4n) is 2.41. The molecule has 1 amide bonds. The van der Waals surface area contributed by atoms with Crippen LogP contribution in [0.3, 0.4) is 0 Å². The van der Waals surface area contributed by atoms with E-state index in [1.807, 2.05) is 0 Å². The lowest BCUT2D eigenvalue weighted by molar-refractivity contribution is 0.0952. The summed E-state index contributed by atoms with van der Waals surface area (Å²) in [6, 6.07) is 11.1. The van der Waals surface area contributed by atoms with Gasteiger partial charge in [-0.2, -0.15) is 0 Å². The number of amides is 1. The predicted molar refractivity (Wildman–Crippen MR) is 107 cm³/mol. The number of hydrogen-bond donors (Lipinski definition) is 2. The SMILES string of the molecule is COc1ccc(S(=O)(=O)Nc2cc(C(=O)NCCC(C)C)ccc2C)cc1. The van der Waals surface area contributed by atoms with Crippen molar-refractivity contribution in [2.75, 3.05) is 18.4 Å². The highest BCUT2D eigenvalue weighted by Gasteiger charge is 2.17. The van der Waals surface area contributed by atoms with Crippen LogP contribution >= 0.6 is 0 Å². The maximum absolute atomic E-state index is 12.6. The van der Waals surface area contributed by atoms with Crippen molar-refractivity contribution in [1.82, 2.24) is 5.32 Å². The Hall–Kier alpha value is -2.54. The molecular formula is C20H26N2O4S. The summed E-state index contributed by atoms with van der Waals surface area (Å²) in [6.45, 7) is 6.54. The molecular weight excluding hydrogens is 364 g/mol. The molecule has 2 rings (SSSR count). The lowest BCUT2D eigenvalue weighted by Gasteiger charge is -2.13. The number of nitrogens with one attached hydrogen (secondary N) is 2.